The Morgan fingerprint density at radius 3 is 2.43 bits per heavy atom. The smallest absolute Gasteiger partial charge is 0.408 e. The van der Waals surface area contributed by atoms with Crippen LogP contribution in [0.4, 0.5) is 4.79 Å². The number of rotatable bonds is 3. The highest BCUT2D eigenvalue weighted by Crippen LogP contribution is 2.24. The Hall–Kier alpha value is -1.83. The van der Waals surface area contributed by atoms with Crippen LogP contribution in [0.1, 0.15) is 27.2 Å². The summed E-state index contributed by atoms with van der Waals surface area (Å²) < 4.78 is 9.91. The molecule has 1 aliphatic rings. The molecule has 0 aromatic heterocycles. The van der Waals surface area contributed by atoms with Crippen molar-refractivity contribution in [3.8, 4) is 0 Å². The molecule has 1 heterocycles. The molecule has 2 amide bonds. The van der Waals surface area contributed by atoms with Crippen molar-refractivity contribution in [1.82, 2.24) is 10.2 Å². The molecule has 0 spiro atoms. The zero-order chi connectivity index (χ0) is 16.3. The molecule has 1 unspecified atom stereocenters. The Balaban J connectivity index is 2.85. The number of alkyl carbamates (subject to hydrolysis) is 1. The second-order valence-corrected chi connectivity index (χ2v) is 5.97. The van der Waals surface area contributed by atoms with Crippen LogP contribution in [0.25, 0.3) is 0 Å². The average molecular weight is 301 g/mol. The van der Waals surface area contributed by atoms with Crippen molar-refractivity contribution in [2.75, 3.05) is 26.7 Å². The van der Waals surface area contributed by atoms with Crippen LogP contribution in [0.3, 0.4) is 0 Å². The van der Waals surface area contributed by atoms with Gasteiger partial charge in [0.15, 0.2) is 5.54 Å². The molecule has 3 N–H and O–H groups in total. The number of nitrogens with one attached hydrogen (secondary N) is 1. The van der Waals surface area contributed by atoms with Gasteiger partial charge in [-0.1, -0.05) is 0 Å². The first-order valence-electron chi connectivity index (χ1n) is 6.71. The SMILES string of the molecule is COC(=O)C1(NC(=O)OC(C)(C)C)CCN(C(=O)CN)C1. The molecule has 120 valence electrons. The summed E-state index contributed by atoms with van der Waals surface area (Å²) in [6.45, 7) is 5.35. The molecule has 1 saturated heterocycles. The van der Waals surface area contributed by atoms with Crippen molar-refractivity contribution in [2.45, 2.75) is 38.3 Å². The van der Waals surface area contributed by atoms with E-state index in [2.05, 4.69) is 5.32 Å². The number of likely N-dealkylation sites (tertiary alicyclic amines) is 1. The maximum absolute atomic E-state index is 12.0. The fraction of sp³-hybridized carbons (Fsp3) is 0.769. The van der Waals surface area contributed by atoms with E-state index in [0.717, 1.165) is 0 Å². The number of hydrogen-bond donors (Lipinski definition) is 2. The van der Waals surface area contributed by atoms with Gasteiger partial charge in [-0.2, -0.15) is 0 Å². The lowest BCUT2D eigenvalue weighted by atomic mass is 9.99. The summed E-state index contributed by atoms with van der Waals surface area (Å²) >= 11 is 0. The van der Waals surface area contributed by atoms with Crippen LogP contribution in [-0.2, 0) is 19.1 Å². The number of amides is 2. The summed E-state index contributed by atoms with van der Waals surface area (Å²) in [5, 5.41) is 2.54. The molecule has 0 saturated carbocycles. The van der Waals surface area contributed by atoms with Gasteiger partial charge in [0, 0.05) is 13.0 Å². The number of ether oxygens (including phenoxy) is 2. The molecule has 8 heteroatoms. The van der Waals surface area contributed by atoms with E-state index in [0.29, 0.717) is 6.54 Å². The summed E-state index contributed by atoms with van der Waals surface area (Å²) in [7, 11) is 1.23. The number of hydrogen-bond acceptors (Lipinski definition) is 6. The summed E-state index contributed by atoms with van der Waals surface area (Å²) in [4.78, 5) is 37.0. The van der Waals surface area contributed by atoms with E-state index in [-0.39, 0.29) is 25.4 Å². The highest BCUT2D eigenvalue weighted by molar-refractivity contribution is 5.88. The molecule has 1 rings (SSSR count). The Kier molecular flexibility index (Phi) is 5.16. The fourth-order valence-electron chi connectivity index (χ4n) is 2.17. The number of esters is 1. The van der Waals surface area contributed by atoms with Crippen molar-refractivity contribution >= 4 is 18.0 Å². The third-order valence-corrected chi connectivity index (χ3v) is 3.11. The molecule has 21 heavy (non-hydrogen) atoms. The first kappa shape index (κ1) is 17.2. The number of carbonyl (C=O) groups is 3. The van der Waals surface area contributed by atoms with Crippen molar-refractivity contribution in [3.05, 3.63) is 0 Å². The van der Waals surface area contributed by atoms with Gasteiger partial charge in [-0.15, -0.1) is 0 Å². The molecular weight excluding hydrogens is 278 g/mol. The number of methoxy groups -OCH3 is 1. The lowest BCUT2D eigenvalue weighted by molar-refractivity contribution is -0.148. The van der Waals surface area contributed by atoms with Crippen molar-refractivity contribution < 1.29 is 23.9 Å². The minimum Gasteiger partial charge on any atom is -0.467 e. The molecule has 0 bridgehead atoms. The van der Waals surface area contributed by atoms with Gasteiger partial charge in [0.25, 0.3) is 0 Å². The third kappa shape index (κ3) is 4.32. The Bertz CT molecular complexity index is 432. The highest BCUT2D eigenvalue weighted by Gasteiger charge is 2.48. The predicted octanol–water partition coefficient (Wildman–Crippen LogP) is -0.386. The molecule has 0 radical (unpaired) electrons. The maximum atomic E-state index is 12.0. The molecule has 8 nitrogen and oxygen atoms in total. The summed E-state index contributed by atoms with van der Waals surface area (Å²) in [5.41, 5.74) is 3.34. The van der Waals surface area contributed by atoms with Gasteiger partial charge in [0.2, 0.25) is 5.91 Å². The highest BCUT2D eigenvalue weighted by atomic mass is 16.6. The van der Waals surface area contributed by atoms with Crippen LogP contribution in [0.2, 0.25) is 0 Å². The molecule has 1 aliphatic heterocycles. The fourth-order valence-corrected chi connectivity index (χ4v) is 2.17. The van der Waals surface area contributed by atoms with Gasteiger partial charge < -0.3 is 25.4 Å². The van der Waals surface area contributed by atoms with E-state index >= 15 is 0 Å². The Morgan fingerprint density at radius 1 is 1.33 bits per heavy atom. The molecule has 0 aromatic rings. The number of nitrogens with zero attached hydrogens (tertiary/aromatic N) is 1. The quantitative estimate of drug-likeness (QED) is 0.687. The maximum Gasteiger partial charge on any atom is 0.408 e. The van der Waals surface area contributed by atoms with Crippen molar-refractivity contribution in [2.24, 2.45) is 5.73 Å². The van der Waals surface area contributed by atoms with Crippen LogP contribution in [0.15, 0.2) is 0 Å². The minimum absolute atomic E-state index is 0.0228. The van der Waals surface area contributed by atoms with Crippen LogP contribution >= 0.6 is 0 Å². The first-order chi connectivity index (χ1) is 9.63. The zero-order valence-electron chi connectivity index (χ0n) is 12.9. The van der Waals surface area contributed by atoms with Gasteiger partial charge in [-0.25, -0.2) is 9.59 Å². The van der Waals surface area contributed by atoms with Gasteiger partial charge in [0.05, 0.1) is 20.2 Å². The van der Waals surface area contributed by atoms with Gasteiger partial charge in [-0.3, -0.25) is 4.79 Å². The molecule has 1 atom stereocenters. The molecule has 0 aliphatic carbocycles. The van der Waals surface area contributed by atoms with E-state index in [1.54, 1.807) is 20.8 Å². The summed E-state index contributed by atoms with van der Waals surface area (Å²) in [6, 6.07) is 0. The molecular formula is C13H23N3O5. The van der Waals surface area contributed by atoms with E-state index in [1.807, 2.05) is 0 Å². The van der Waals surface area contributed by atoms with Gasteiger partial charge in [-0.05, 0) is 20.8 Å². The first-order valence-corrected chi connectivity index (χ1v) is 6.71. The van der Waals surface area contributed by atoms with E-state index in [9.17, 15) is 14.4 Å². The van der Waals surface area contributed by atoms with E-state index < -0.39 is 23.2 Å². The van der Waals surface area contributed by atoms with Crippen molar-refractivity contribution in [1.29, 1.82) is 0 Å². The normalized spacial score (nSPS) is 21.9. The van der Waals surface area contributed by atoms with Crippen LogP contribution in [0.5, 0.6) is 0 Å². The van der Waals surface area contributed by atoms with Gasteiger partial charge in [0.1, 0.15) is 5.60 Å². The number of carbonyl (C=O) groups excluding carboxylic acids is 3. The lowest BCUT2D eigenvalue weighted by Gasteiger charge is -2.29. The number of nitrogens with two attached hydrogens (primary N) is 1. The lowest BCUT2D eigenvalue weighted by Crippen LogP contribution is -2.58. The molecule has 1 fully saturated rings. The van der Waals surface area contributed by atoms with Crippen LogP contribution in [0, 0.1) is 0 Å². The van der Waals surface area contributed by atoms with Crippen LogP contribution < -0.4 is 11.1 Å². The van der Waals surface area contributed by atoms with Gasteiger partial charge >= 0.3 is 12.1 Å². The van der Waals surface area contributed by atoms with Crippen LogP contribution in [-0.4, -0.2) is 60.8 Å². The summed E-state index contributed by atoms with van der Waals surface area (Å²) in [5.74, 6) is -0.896. The predicted molar refractivity (Wildman–Crippen MR) is 74.4 cm³/mol. The third-order valence-electron chi connectivity index (χ3n) is 3.11. The minimum atomic E-state index is -1.29. The zero-order valence-corrected chi connectivity index (χ0v) is 12.9. The monoisotopic (exact) mass is 301 g/mol. The Morgan fingerprint density at radius 2 is 1.95 bits per heavy atom. The average Bonchev–Trinajstić information content (AvgIpc) is 2.79. The standard InChI is InChI=1S/C13H23N3O5/c1-12(2,3)21-11(19)15-13(10(18)20-4)5-6-16(8-13)9(17)7-14/h5-8,14H2,1-4H3,(H,15,19). The van der Waals surface area contributed by atoms with E-state index in [1.165, 1.54) is 12.0 Å². The summed E-state index contributed by atoms with van der Waals surface area (Å²) in [6.07, 6.45) is -0.472. The topological polar surface area (TPSA) is 111 Å². The van der Waals surface area contributed by atoms with Crippen molar-refractivity contribution in [3.63, 3.8) is 0 Å². The second-order valence-electron chi connectivity index (χ2n) is 5.97. The van der Waals surface area contributed by atoms with E-state index in [4.69, 9.17) is 15.2 Å². The largest absolute Gasteiger partial charge is 0.467 e. The molecule has 0 aromatic carbocycles. The second kappa shape index (κ2) is 6.30. The Labute approximate surface area is 123 Å².